The van der Waals surface area contributed by atoms with Gasteiger partial charge in [0.25, 0.3) is 0 Å². The Labute approximate surface area is 248 Å². The van der Waals surface area contributed by atoms with Crippen LogP contribution in [0.2, 0.25) is 0 Å². The van der Waals surface area contributed by atoms with Gasteiger partial charge in [-0.2, -0.15) is 0 Å². The van der Waals surface area contributed by atoms with Crippen molar-refractivity contribution in [3.8, 4) is 0 Å². The van der Waals surface area contributed by atoms with Gasteiger partial charge in [0.15, 0.2) is 0 Å². The summed E-state index contributed by atoms with van der Waals surface area (Å²) < 4.78 is 0.226. The lowest BCUT2D eigenvalue weighted by Crippen LogP contribution is -2.22. The summed E-state index contributed by atoms with van der Waals surface area (Å²) in [7, 11) is 0. The zero-order valence-corrected chi connectivity index (χ0v) is 29.7. The van der Waals surface area contributed by atoms with Crippen LogP contribution >= 0.6 is 11.8 Å². The summed E-state index contributed by atoms with van der Waals surface area (Å²) in [5.41, 5.74) is 10.8. The molecule has 0 amide bonds. The van der Waals surface area contributed by atoms with E-state index in [1.807, 2.05) is 11.8 Å². The van der Waals surface area contributed by atoms with Crippen molar-refractivity contribution < 1.29 is 0 Å². The van der Waals surface area contributed by atoms with Crippen LogP contribution in [-0.2, 0) is 28.1 Å². The maximum Gasteiger partial charge on any atom is 0.0122 e. The molecule has 0 aromatic heterocycles. The average Bonchev–Trinajstić information content (AvgIpc) is 2.68. The van der Waals surface area contributed by atoms with Gasteiger partial charge < -0.3 is 0 Å². The summed E-state index contributed by atoms with van der Waals surface area (Å²) in [5.74, 6) is 0. The second kappa shape index (κ2) is 12.6. The molecule has 0 spiro atoms. The zero-order chi connectivity index (χ0) is 30.8. The third-order valence-electron chi connectivity index (χ3n) is 6.87. The van der Waals surface area contributed by atoms with Gasteiger partial charge in [-0.05, 0) is 88.3 Å². The van der Waals surface area contributed by atoms with E-state index in [4.69, 9.17) is 0 Å². The number of thioether (sulfide) groups is 1. The van der Waals surface area contributed by atoms with Crippen molar-refractivity contribution in [2.24, 2.45) is 0 Å². The van der Waals surface area contributed by atoms with Crippen molar-refractivity contribution >= 4 is 11.8 Å². The van der Waals surface area contributed by atoms with Crippen molar-refractivity contribution in [2.45, 2.75) is 162 Å². The molecule has 0 heterocycles. The monoisotopic (exact) mass is 550 g/mol. The number of rotatable bonds is 4. The summed E-state index contributed by atoms with van der Waals surface area (Å²) in [6, 6.07) is 11.8. The molecule has 0 radical (unpaired) electrons. The van der Waals surface area contributed by atoms with E-state index in [2.05, 4.69) is 155 Å². The minimum absolute atomic E-state index is 0.152. The molecule has 0 bridgehead atoms. The van der Waals surface area contributed by atoms with Crippen LogP contribution in [0.15, 0.2) is 47.4 Å². The molecule has 2 aromatic carbocycles. The van der Waals surface area contributed by atoms with Crippen molar-refractivity contribution in [3.05, 3.63) is 75.9 Å². The van der Waals surface area contributed by atoms with E-state index < -0.39 is 0 Å². The quantitative estimate of drug-likeness (QED) is 0.269. The number of benzene rings is 2. The van der Waals surface area contributed by atoms with Gasteiger partial charge in [0.05, 0.1) is 0 Å². The van der Waals surface area contributed by atoms with Crippen molar-refractivity contribution in [1.29, 1.82) is 0 Å². The third-order valence-corrected chi connectivity index (χ3v) is 7.96. The molecule has 0 N–H and O–H groups in total. The molecule has 1 heteroatoms. The molecule has 2 aromatic rings. The van der Waals surface area contributed by atoms with E-state index in [-0.39, 0.29) is 26.4 Å². The first kappa shape index (κ1) is 35.6. The van der Waals surface area contributed by atoms with Gasteiger partial charge in [-0.3, -0.25) is 0 Å². The number of allylic oxidation sites excluding steroid dienone is 1. The summed E-state index contributed by atoms with van der Waals surface area (Å²) in [6.07, 6.45) is 2.16. The number of hydrogen-bond acceptors (Lipinski definition) is 1. The largest absolute Gasteiger partial charge is 0.120 e. The highest BCUT2D eigenvalue weighted by atomic mass is 32.2. The highest BCUT2D eigenvalue weighted by molar-refractivity contribution is 8.00. The highest BCUT2D eigenvalue weighted by Crippen LogP contribution is 2.41. The summed E-state index contributed by atoms with van der Waals surface area (Å²) in [6.45, 7) is 43.0. The second-order valence-corrected chi connectivity index (χ2v) is 18.7. The molecule has 0 aliphatic heterocycles. The van der Waals surface area contributed by atoms with Gasteiger partial charge in [-0.25, -0.2) is 0 Å². The molecule has 39 heavy (non-hydrogen) atoms. The lowest BCUT2D eigenvalue weighted by molar-refractivity contribution is 0.551. The van der Waals surface area contributed by atoms with Gasteiger partial charge in [0.2, 0.25) is 0 Å². The fourth-order valence-corrected chi connectivity index (χ4v) is 5.71. The van der Waals surface area contributed by atoms with Crippen molar-refractivity contribution in [1.82, 2.24) is 0 Å². The van der Waals surface area contributed by atoms with Gasteiger partial charge in [0.1, 0.15) is 0 Å². The first-order valence-corrected chi connectivity index (χ1v) is 15.7. The topological polar surface area (TPSA) is 0 Å². The molecule has 0 atom stereocenters. The summed E-state index contributed by atoms with van der Waals surface area (Å²) in [4.78, 5) is 1.40. The zero-order valence-electron chi connectivity index (χ0n) is 28.9. The number of aryl methyl sites for hydroxylation is 1. The van der Waals surface area contributed by atoms with Gasteiger partial charge in [-0.15, -0.1) is 18.3 Å². The fourth-order valence-electron chi connectivity index (χ4n) is 4.65. The second-order valence-electron chi connectivity index (χ2n) is 16.8. The predicted octanol–water partition coefficient (Wildman–Crippen LogP) is 12.3. The van der Waals surface area contributed by atoms with E-state index in [1.165, 1.54) is 43.8 Å². The van der Waals surface area contributed by atoms with Crippen LogP contribution in [0.1, 0.15) is 151 Å². The first-order chi connectivity index (χ1) is 17.2. The minimum atomic E-state index is 0.152. The SMILES string of the molecule is C=C(C)CCc1c(C(C)(C)C)cc(SC(C)(C)C)cc1C(C)(C)C.Cc1cc(C(C)(C)C)cc(C(C)(C)C)c1. The van der Waals surface area contributed by atoms with Crippen LogP contribution in [0.4, 0.5) is 0 Å². The van der Waals surface area contributed by atoms with E-state index in [0.717, 1.165) is 12.8 Å². The lowest BCUT2D eigenvalue weighted by Gasteiger charge is -2.32. The van der Waals surface area contributed by atoms with Crippen LogP contribution < -0.4 is 0 Å². The molecule has 2 rings (SSSR count). The van der Waals surface area contributed by atoms with E-state index >= 15 is 0 Å². The van der Waals surface area contributed by atoms with Crippen LogP contribution in [0, 0.1) is 6.92 Å². The van der Waals surface area contributed by atoms with Crippen molar-refractivity contribution in [3.63, 3.8) is 0 Å². The van der Waals surface area contributed by atoms with Gasteiger partial charge in [0, 0.05) is 9.64 Å². The van der Waals surface area contributed by atoms with E-state index in [0.29, 0.717) is 0 Å². The summed E-state index contributed by atoms with van der Waals surface area (Å²) >= 11 is 1.98. The number of hydrogen-bond donors (Lipinski definition) is 0. The molecular formula is C38H62S. The normalized spacial score (nSPS) is 13.2. The Hall–Kier alpha value is -1.47. The average molecular weight is 551 g/mol. The van der Waals surface area contributed by atoms with Crippen LogP contribution in [-0.4, -0.2) is 4.75 Å². The third kappa shape index (κ3) is 11.9. The van der Waals surface area contributed by atoms with Gasteiger partial charge in [-0.1, -0.05) is 133 Å². The Balaban J connectivity index is 0.000000434. The van der Waals surface area contributed by atoms with Crippen LogP contribution in [0.25, 0.3) is 0 Å². The molecule has 0 fully saturated rings. The Morgan fingerprint density at radius 3 is 1.28 bits per heavy atom. The maximum atomic E-state index is 4.12. The van der Waals surface area contributed by atoms with Crippen molar-refractivity contribution in [2.75, 3.05) is 0 Å². The molecule has 220 valence electrons. The maximum absolute atomic E-state index is 4.12. The highest BCUT2D eigenvalue weighted by Gasteiger charge is 2.27. The molecule has 0 unspecified atom stereocenters. The standard InChI is InChI=1S/C23H38S.C15H24/c1-16(2)12-13-18-19(21(3,4)5)14-17(24-23(9,10)11)15-20(18)22(6,7)8;1-11-8-12(14(2,3)4)10-13(9-11)15(5,6)7/h14-15H,1,12-13H2,2-11H3;8-10H,1-7H3. The Kier molecular flexibility index (Phi) is 11.5. The molecule has 0 aliphatic carbocycles. The van der Waals surface area contributed by atoms with Crippen LogP contribution in [0.5, 0.6) is 0 Å². The molecule has 0 nitrogen and oxygen atoms in total. The molecule has 0 aliphatic rings. The smallest absolute Gasteiger partial charge is 0.0122 e. The van der Waals surface area contributed by atoms with Gasteiger partial charge >= 0.3 is 0 Å². The minimum Gasteiger partial charge on any atom is -0.120 e. The molecular weight excluding hydrogens is 488 g/mol. The Bertz CT molecular complexity index is 1040. The first-order valence-electron chi connectivity index (χ1n) is 14.9. The van der Waals surface area contributed by atoms with E-state index in [1.54, 1.807) is 0 Å². The van der Waals surface area contributed by atoms with E-state index in [9.17, 15) is 0 Å². The fraction of sp³-hybridized carbons (Fsp3) is 0.632. The summed E-state index contributed by atoms with van der Waals surface area (Å²) in [5, 5.41) is 0. The lowest BCUT2D eigenvalue weighted by atomic mass is 9.75. The molecule has 0 saturated carbocycles. The van der Waals surface area contributed by atoms with Crippen LogP contribution in [0.3, 0.4) is 0 Å². The molecule has 0 saturated heterocycles. The predicted molar refractivity (Wildman–Crippen MR) is 181 cm³/mol. The Morgan fingerprint density at radius 1 is 0.615 bits per heavy atom. The Morgan fingerprint density at radius 2 is 1.00 bits per heavy atom.